The number of aliphatic carboxylic acids is 1. The number of H-pyrrole nitrogens is 1. The van der Waals surface area contributed by atoms with Crippen LogP contribution in [0.3, 0.4) is 0 Å². The summed E-state index contributed by atoms with van der Waals surface area (Å²) in [4.78, 5) is 30.3. The maximum absolute atomic E-state index is 12.4. The lowest BCUT2D eigenvalue weighted by Crippen LogP contribution is -2.14. The Kier molecular flexibility index (Phi) is 5.02. The Labute approximate surface area is 154 Å². The second kappa shape index (κ2) is 7.56. The molecule has 9 heteroatoms. The van der Waals surface area contributed by atoms with Crippen LogP contribution in [0.1, 0.15) is 22.3 Å². The van der Waals surface area contributed by atoms with Crippen molar-refractivity contribution < 1.29 is 14.7 Å². The monoisotopic (exact) mass is 366 g/mol. The molecule has 3 rings (SSSR count). The Balaban J connectivity index is 1.70. The summed E-state index contributed by atoms with van der Waals surface area (Å²) < 4.78 is 0. The molecule has 0 aliphatic carbocycles. The molecule has 1 aromatic heterocycles. The molecule has 3 aromatic rings. The van der Waals surface area contributed by atoms with Gasteiger partial charge in [0, 0.05) is 23.4 Å². The molecule has 0 bridgehead atoms. The number of rotatable bonds is 7. The van der Waals surface area contributed by atoms with E-state index in [1.807, 2.05) is 0 Å². The highest BCUT2D eigenvalue weighted by Gasteiger charge is 2.09. The number of carboxylic acids is 1. The third-order valence-corrected chi connectivity index (χ3v) is 3.83. The number of hydrogen-bond acceptors (Lipinski definition) is 5. The van der Waals surface area contributed by atoms with Crippen LogP contribution in [-0.4, -0.2) is 39.3 Å². The molecular formula is C18H18N6O3. The highest BCUT2D eigenvalue weighted by atomic mass is 16.4. The van der Waals surface area contributed by atoms with Gasteiger partial charge in [-0.25, -0.2) is 4.98 Å². The summed E-state index contributed by atoms with van der Waals surface area (Å²) in [5.41, 5.74) is 8.38. The number of carbonyl (C=O) groups excluding carboxylic acids is 1. The Morgan fingerprint density at radius 1 is 1.15 bits per heavy atom. The van der Waals surface area contributed by atoms with Crippen molar-refractivity contribution in [2.45, 2.75) is 6.42 Å². The van der Waals surface area contributed by atoms with Gasteiger partial charge in [-0.3, -0.25) is 15.0 Å². The highest BCUT2D eigenvalue weighted by Crippen LogP contribution is 2.20. The molecule has 138 valence electrons. The molecule has 0 radical (unpaired) electrons. The van der Waals surface area contributed by atoms with Crippen LogP contribution in [0.25, 0.3) is 11.0 Å². The van der Waals surface area contributed by atoms with Crippen molar-refractivity contribution in [2.75, 3.05) is 17.2 Å². The SMILES string of the molecule is N=C(N)c1ccc(C(=O)Nc2ccc3nc(NCCC(=O)O)[nH]c3c2)cc1. The van der Waals surface area contributed by atoms with Gasteiger partial charge < -0.3 is 26.5 Å². The highest BCUT2D eigenvalue weighted by molar-refractivity contribution is 6.05. The predicted molar refractivity (Wildman–Crippen MR) is 102 cm³/mol. The molecule has 9 nitrogen and oxygen atoms in total. The summed E-state index contributed by atoms with van der Waals surface area (Å²) in [6.07, 6.45) is -0.0131. The van der Waals surface area contributed by atoms with Crippen LogP contribution >= 0.6 is 0 Å². The Hall–Kier alpha value is -3.88. The zero-order chi connectivity index (χ0) is 19.4. The third-order valence-electron chi connectivity index (χ3n) is 3.83. The average Bonchev–Trinajstić information content (AvgIpc) is 3.03. The minimum atomic E-state index is -0.889. The first-order chi connectivity index (χ1) is 12.9. The van der Waals surface area contributed by atoms with Crippen molar-refractivity contribution in [3.8, 4) is 0 Å². The van der Waals surface area contributed by atoms with Crippen LogP contribution in [0.5, 0.6) is 0 Å². The minimum Gasteiger partial charge on any atom is -0.481 e. The van der Waals surface area contributed by atoms with E-state index in [1.165, 1.54) is 0 Å². The van der Waals surface area contributed by atoms with E-state index in [1.54, 1.807) is 42.5 Å². The first-order valence-electron chi connectivity index (χ1n) is 8.13. The number of amides is 1. The molecule has 0 spiro atoms. The van der Waals surface area contributed by atoms with Crippen molar-refractivity contribution >= 4 is 40.4 Å². The average molecular weight is 366 g/mol. The molecule has 0 atom stereocenters. The van der Waals surface area contributed by atoms with Crippen LogP contribution in [-0.2, 0) is 4.79 Å². The number of benzene rings is 2. The van der Waals surface area contributed by atoms with Crippen LogP contribution in [0.4, 0.5) is 11.6 Å². The lowest BCUT2D eigenvalue weighted by atomic mass is 10.1. The van der Waals surface area contributed by atoms with Gasteiger partial charge in [0.25, 0.3) is 5.91 Å². The van der Waals surface area contributed by atoms with Gasteiger partial charge >= 0.3 is 5.97 Å². The molecule has 0 saturated carbocycles. The van der Waals surface area contributed by atoms with Gasteiger partial charge in [-0.1, -0.05) is 12.1 Å². The molecule has 0 aliphatic heterocycles. The number of nitrogens with two attached hydrogens (primary N) is 1. The Morgan fingerprint density at radius 2 is 1.85 bits per heavy atom. The summed E-state index contributed by atoms with van der Waals surface area (Å²) in [5.74, 6) is -0.766. The first kappa shape index (κ1) is 17.9. The van der Waals surface area contributed by atoms with Gasteiger partial charge in [-0.15, -0.1) is 0 Å². The summed E-state index contributed by atoms with van der Waals surface area (Å²) in [6.45, 7) is 0.259. The zero-order valence-corrected chi connectivity index (χ0v) is 14.2. The number of nitrogens with one attached hydrogen (secondary N) is 4. The van der Waals surface area contributed by atoms with E-state index in [2.05, 4.69) is 20.6 Å². The van der Waals surface area contributed by atoms with Gasteiger partial charge in [0.2, 0.25) is 5.95 Å². The third kappa shape index (κ3) is 4.40. The number of aromatic nitrogens is 2. The van der Waals surface area contributed by atoms with E-state index in [-0.39, 0.29) is 24.7 Å². The summed E-state index contributed by atoms with van der Waals surface area (Å²) in [7, 11) is 0. The fourth-order valence-electron chi connectivity index (χ4n) is 2.46. The molecule has 1 amide bonds. The number of carboxylic acid groups (broad SMARTS) is 1. The van der Waals surface area contributed by atoms with Crippen LogP contribution in [0.15, 0.2) is 42.5 Å². The van der Waals surface area contributed by atoms with Crippen molar-refractivity contribution in [3.05, 3.63) is 53.6 Å². The van der Waals surface area contributed by atoms with Crippen molar-refractivity contribution in [1.29, 1.82) is 5.41 Å². The fourth-order valence-corrected chi connectivity index (χ4v) is 2.46. The van der Waals surface area contributed by atoms with Crippen molar-refractivity contribution in [3.63, 3.8) is 0 Å². The van der Waals surface area contributed by atoms with Crippen molar-refractivity contribution in [1.82, 2.24) is 9.97 Å². The van der Waals surface area contributed by atoms with Crippen molar-refractivity contribution in [2.24, 2.45) is 5.73 Å². The standard InChI is InChI=1S/C18H18N6O3/c19-16(20)10-1-3-11(4-2-10)17(27)22-12-5-6-13-14(9-12)24-18(23-13)21-8-7-15(25)26/h1-6,9H,7-8H2,(H3,19,20)(H,22,27)(H,25,26)(H2,21,23,24). The number of nitrogens with zero attached hydrogens (tertiary/aromatic N) is 1. The number of fused-ring (bicyclic) bond motifs is 1. The number of carbonyl (C=O) groups is 2. The number of hydrogen-bond donors (Lipinski definition) is 6. The molecule has 2 aromatic carbocycles. The van der Waals surface area contributed by atoms with E-state index in [0.29, 0.717) is 33.8 Å². The van der Waals surface area contributed by atoms with Crippen LogP contribution < -0.4 is 16.4 Å². The summed E-state index contributed by atoms with van der Waals surface area (Å²) in [6, 6.07) is 11.7. The van der Waals surface area contributed by atoms with Gasteiger partial charge in [0.1, 0.15) is 5.84 Å². The minimum absolute atomic E-state index is 0.0131. The molecular weight excluding hydrogens is 348 g/mol. The van der Waals surface area contributed by atoms with Crippen LogP contribution in [0.2, 0.25) is 0 Å². The topological polar surface area (TPSA) is 157 Å². The largest absolute Gasteiger partial charge is 0.481 e. The van der Waals surface area contributed by atoms with E-state index < -0.39 is 5.97 Å². The first-order valence-corrected chi connectivity index (χ1v) is 8.13. The van der Waals surface area contributed by atoms with E-state index in [9.17, 15) is 9.59 Å². The Bertz CT molecular complexity index is 1010. The fraction of sp³-hybridized carbons (Fsp3) is 0.111. The van der Waals surface area contributed by atoms with Crippen LogP contribution in [0, 0.1) is 5.41 Å². The Morgan fingerprint density at radius 3 is 2.52 bits per heavy atom. The van der Waals surface area contributed by atoms with E-state index in [0.717, 1.165) is 0 Å². The number of anilines is 2. The van der Waals surface area contributed by atoms with Gasteiger partial charge in [0.15, 0.2) is 0 Å². The predicted octanol–water partition coefficient (Wildman–Crippen LogP) is 1.99. The molecule has 0 aliphatic rings. The number of amidine groups is 1. The van der Waals surface area contributed by atoms with E-state index >= 15 is 0 Å². The second-order valence-corrected chi connectivity index (χ2v) is 5.83. The van der Waals surface area contributed by atoms with Gasteiger partial charge in [-0.05, 0) is 30.3 Å². The normalized spacial score (nSPS) is 10.5. The number of imidazole rings is 1. The second-order valence-electron chi connectivity index (χ2n) is 5.83. The zero-order valence-electron chi connectivity index (χ0n) is 14.2. The molecule has 1 heterocycles. The van der Waals surface area contributed by atoms with E-state index in [4.69, 9.17) is 16.2 Å². The maximum atomic E-state index is 12.4. The van der Waals surface area contributed by atoms with Gasteiger partial charge in [-0.2, -0.15) is 0 Å². The lowest BCUT2D eigenvalue weighted by Gasteiger charge is -2.06. The molecule has 7 N–H and O–H groups in total. The summed E-state index contributed by atoms with van der Waals surface area (Å²) in [5, 5.41) is 21.7. The molecule has 0 fully saturated rings. The van der Waals surface area contributed by atoms with Gasteiger partial charge in [0.05, 0.1) is 17.5 Å². The number of aromatic amines is 1. The maximum Gasteiger partial charge on any atom is 0.305 e. The quantitative estimate of drug-likeness (QED) is 0.277. The summed E-state index contributed by atoms with van der Waals surface area (Å²) >= 11 is 0. The molecule has 0 unspecified atom stereocenters. The number of nitrogen functional groups attached to an aromatic ring is 1. The molecule has 27 heavy (non-hydrogen) atoms. The smallest absolute Gasteiger partial charge is 0.305 e. The molecule has 0 saturated heterocycles. The lowest BCUT2D eigenvalue weighted by molar-refractivity contribution is -0.136.